The molecule has 0 aromatic rings. The van der Waals surface area contributed by atoms with Crippen molar-refractivity contribution in [3.05, 3.63) is 60.8 Å². The van der Waals surface area contributed by atoms with Gasteiger partial charge in [-0.3, -0.25) is 9.59 Å². The van der Waals surface area contributed by atoms with Gasteiger partial charge in [0.05, 0.1) is 40.3 Å². The smallest absolute Gasteiger partial charge is 0.306 e. The minimum atomic E-state index is -1.13. The lowest BCUT2D eigenvalue weighted by Crippen LogP contribution is -2.55. The van der Waals surface area contributed by atoms with E-state index in [1.807, 2.05) is 0 Å². The zero-order chi connectivity index (χ0) is 49.9. The molecule has 0 bridgehead atoms. The van der Waals surface area contributed by atoms with Gasteiger partial charge in [0.25, 0.3) is 0 Å². The Morgan fingerprint density at radius 3 is 1.22 bits per heavy atom. The fourth-order valence-electron chi connectivity index (χ4n) is 8.34. The fourth-order valence-corrected chi connectivity index (χ4v) is 8.34. The third-order valence-corrected chi connectivity index (χ3v) is 12.7. The maximum Gasteiger partial charge on any atom is 0.306 e. The predicted octanol–water partition coefficient (Wildman–Crippen LogP) is 15.5. The van der Waals surface area contributed by atoms with Crippen molar-refractivity contribution in [3.8, 4) is 0 Å². The van der Waals surface area contributed by atoms with Gasteiger partial charge in [-0.2, -0.15) is 0 Å². The molecular formula is C60H107NO7. The zero-order valence-electron chi connectivity index (χ0n) is 45.0. The minimum Gasteiger partial charge on any atom is -0.544 e. The third kappa shape index (κ3) is 48.1. The number of likely N-dealkylation sites (N-methyl/N-ethyl adjacent to an activating group) is 1. The zero-order valence-corrected chi connectivity index (χ0v) is 45.0. The molecular weight excluding hydrogens is 847 g/mol. The van der Waals surface area contributed by atoms with E-state index >= 15 is 0 Å². The number of esters is 2. The summed E-state index contributed by atoms with van der Waals surface area (Å²) in [4.78, 5) is 37.1. The second kappa shape index (κ2) is 50.4. The Bertz CT molecular complexity index is 1290. The average molecular weight is 955 g/mol. The van der Waals surface area contributed by atoms with Gasteiger partial charge in [-0.1, -0.05) is 235 Å². The van der Waals surface area contributed by atoms with Gasteiger partial charge in [0.2, 0.25) is 0 Å². The summed E-state index contributed by atoms with van der Waals surface area (Å²) in [6, 6.07) is -0.730. The van der Waals surface area contributed by atoms with Crippen LogP contribution in [0.4, 0.5) is 0 Å². The highest BCUT2D eigenvalue weighted by atomic mass is 16.6. The Labute approximate surface area is 419 Å². The number of quaternary nitrogens is 1. The van der Waals surface area contributed by atoms with Crippen LogP contribution in [0.5, 0.6) is 0 Å². The van der Waals surface area contributed by atoms with Crippen LogP contribution in [0.3, 0.4) is 0 Å². The van der Waals surface area contributed by atoms with Crippen LogP contribution in [-0.4, -0.2) is 75.5 Å². The van der Waals surface area contributed by atoms with Crippen molar-refractivity contribution in [1.82, 2.24) is 0 Å². The van der Waals surface area contributed by atoms with Gasteiger partial charge in [0.1, 0.15) is 12.6 Å². The van der Waals surface area contributed by atoms with E-state index in [2.05, 4.69) is 74.6 Å². The number of carboxylic acids is 1. The Kier molecular flexibility index (Phi) is 48.2. The molecule has 0 radical (unpaired) electrons. The Morgan fingerprint density at radius 1 is 0.456 bits per heavy atom. The molecule has 2 atom stereocenters. The number of allylic oxidation sites excluding steroid dienone is 10. The molecule has 0 aliphatic heterocycles. The summed E-state index contributed by atoms with van der Waals surface area (Å²) in [5, 5.41) is 11.7. The third-order valence-electron chi connectivity index (χ3n) is 12.7. The summed E-state index contributed by atoms with van der Waals surface area (Å²) < 4.78 is 17.3. The van der Waals surface area contributed by atoms with Crippen molar-refractivity contribution < 1.29 is 38.2 Å². The second-order valence-corrected chi connectivity index (χ2v) is 20.2. The number of hydrogen-bond donors (Lipinski definition) is 0. The molecule has 0 N–H and O–H groups in total. The van der Waals surface area contributed by atoms with Crippen molar-refractivity contribution >= 4 is 17.9 Å². The summed E-state index contributed by atoms with van der Waals surface area (Å²) in [5.41, 5.74) is 0. The molecule has 0 aromatic heterocycles. The van der Waals surface area contributed by atoms with Crippen LogP contribution in [0.2, 0.25) is 0 Å². The molecule has 8 nitrogen and oxygen atoms in total. The fraction of sp³-hybridized carbons (Fsp3) is 0.783. The summed E-state index contributed by atoms with van der Waals surface area (Å²) in [5.74, 6) is -1.74. The average Bonchev–Trinajstić information content (AvgIpc) is 3.30. The molecule has 0 heterocycles. The molecule has 0 fully saturated rings. The summed E-state index contributed by atoms with van der Waals surface area (Å²) in [7, 11) is 5.42. The molecule has 0 spiro atoms. The number of carboxylic acid groups (broad SMARTS) is 1. The first-order valence-corrected chi connectivity index (χ1v) is 28.3. The summed E-state index contributed by atoms with van der Waals surface area (Å²) >= 11 is 0. The molecule has 0 aromatic carbocycles. The SMILES string of the molecule is CC/C=C/C/C=C/C/C=C/C/C=C/C/C=C/CCCCCCCCC(=O)OCC(COCCC(C(=O)[O-])[N+](C)(C)C)OC(=O)CCCCCCCCCCCCCCCCCCCCCCCC. The van der Waals surface area contributed by atoms with E-state index < -0.39 is 18.1 Å². The van der Waals surface area contributed by atoms with E-state index in [9.17, 15) is 19.5 Å². The van der Waals surface area contributed by atoms with Crippen molar-refractivity contribution in [1.29, 1.82) is 0 Å². The standard InChI is InChI=1S/C60H107NO7/c1-6-8-10-12-14-16-18-20-22-24-26-28-30-32-34-36-38-40-42-44-46-48-50-58(62)67-55-56(54-66-53-52-57(60(64)65)61(3,4)5)68-59(63)51-49-47-45-43-41-39-37-35-33-31-29-27-25-23-21-19-17-15-13-11-9-7-2/h8,10,14,16,20,22,26,28,32,34,56-57H,6-7,9,11-13,15,17-19,21,23-25,27,29-31,33,35-55H2,1-5H3/b10-8+,16-14+,22-20+,28-26+,34-32+. The lowest BCUT2D eigenvalue weighted by Gasteiger charge is -2.34. The quantitative estimate of drug-likeness (QED) is 0.0259. The van der Waals surface area contributed by atoms with Crippen LogP contribution in [0.15, 0.2) is 60.8 Å². The molecule has 0 saturated heterocycles. The van der Waals surface area contributed by atoms with E-state index in [1.54, 1.807) is 21.1 Å². The normalized spacial score (nSPS) is 13.2. The largest absolute Gasteiger partial charge is 0.544 e. The highest BCUT2D eigenvalue weighted by Crippen LogP contribution is 2.17. The molecule has 8 heteroatoms. The van der Waals surface area contributed by atoms with Crippen molar-refractivity contribution in [3.63, 3.8) is 0 Å². The minimum absolute atomic E-state index is 0.0366. The first-order chi connectivity index (χ1) is 33.1. The predicted molar refractivity (Wildman–Crippen MR) is 286 cm³/mol. The van der Waals surface area contributed by atoms with Crippen LogP contribution in [0.1, 0.15) is 251 Å². The van der Waals surface area contributed by atoms with E-state index in [1.165, 1.54) is 135 Å². The number of carbonyl (C=O) groups is 3. The maximum atomic E-state index is 12.8. The highest BCUT2D eigenvalue weighted by molar-refractivity contribution is 5.70. The lowest BCUT2D eigenvalue weighted by atomic mass is 10.0. The lowest BCUT2D eigenvalue weighted by molar-refractivity contribution is -0.889. The van der Waals surface area contributed by atoms with Crippen LogP contribution in [0.25, 0.3) is 0 Å². The molecule has 0 rings (SSSR count). The monoisotopic (exact) mass is 954 g/mol. The molecule has 0 amide bonds. The Balaban J connectivity index is 4.20. The number of nitrogens with zero attached hydrogens (tertiary/aromatic N) is 1. The van der Waals surface area contributed by atoms with Gasteiger partial charge >= 0.3 is 11.9 Å². The first kappa shape index (κ1) is 65.0. The number of unbranched alkanes of at least 4 members (excludes halogenated alkanes) is 27. The van der Waals surface area contributed by atoms with E-state index in [-0.39, 0.29) is 42.7 Å². The van der Waals surface area contributed by atoms with Crippen molar-refractivity contribution in [2.24, 2.45) is 0 Å². The van der Waals surface area contributed by atoms with Gasteiger partial charge in [-0.05, 0) is 57.8 Å². The van der Waals surface area contributed by atoms with Crippen LogP contribution >= 0.6 is 0 Å². The van der Waals surface area contributed by atoms with Crippen LogP contribution in [-0.2, 0) is 28.6 Å². The van der Waals surface area contributed by atoms with Gasteiger partial charge in [-0.25, -0.2) is 0 Å². The number of carbonyl (C=O) groups excluding carboxylic acids is 3. The number of aliphatic carboxylic acids is 1. The van der Waals surface area contributed by atoms with Gasteiger partial charge < -0.3 is 28.6 Å². The molecule has 0 aliphatic rings. The van der Waals surface area contributed by atoms with E-state index in [4.69, 9.17) is 14.2 Å². The topological polar surface area (TPSA) is 102 Å². The molecule has 394 valence electrons. The summed E-state index contributed by atoms with van der Waals surface area (Å²) in [6.45, 7) is 4.57. The Morgan fingerprint density at radius 2 is 0.824 bits per heavy atom. The molecule has 0 aliphatic carbocycles. The van der Waals surface area contributed by atoms with Crippen molar-refractivity contribution in [2.75, 3.05) is 41.0 Å². The van der Waals surface area contributed by atoms with E-state index in [0.29, 0.717) is 12.8 Å². The van der Waals surface area contributed by atoms with Crippen molar-refractivity contribution in [2.45, 2.75) is 264 Å². The molecule has 0 saturated carbocycles. The molecule has 2 unspecified atom stereocenters. The first-order valence-electron chi connectivity index (χ1n) is 28.3. The van der Waals surface area contributed by atoms with Gasteiger partial charge in [0.15, 0.2) is 6.10 Å². The number of ether oxygens (including phenoxy) is 3. The highest BCUT2D eigenvalue weighted by Gasteiger charge is 2.25. The second-order valence-electron chi connectivity index (χ2n) is 20.2. The number of rotatable bonds is 51. The summed E-state index contributed by atoms with van der Waals surface area (Å²) in [6.07, 6.45) is 64.0. The van der Waals surface area contributed by atoms with Crippen LogP contribution in [0, 0.1) is 0 Å². The maximum absolute atomic E-state index is 12.8. The Hall–Kier alpha value is -2.97. The van der Waals surface area contributed by atoms with Crippen LogP contribution < -0.4 is 5.11 Å². The molecule has 68 heavy (non-hydrogen) atoms. The van der Waals surface area contributed by atoms with Gasteiger partial charge in [-0.15, -0.1) is 0 Å². The van der Waals surface area contributed by atoms with E-state index in [0.717, 1.165) is 83.5 Å². The van der Waals surface area contributed by atoms with Gasteiger partial charge in [0, 0.05) is 19.3 Å². The number of hydrogen-bond acceptors (Lipinski definition) is 7.